The van der Waals surface area contributed by atoms with Gasteiger partial charge in [-0.2, -0.15) is 0 Å². The van der Waals surface area contributed by atoms with E-state index >= 15 is 0 Å². The third kappa shape index (κ3) is 36.5. The lowest BCUT2D eigenvalue weighted by Crippen LogP contribution is -2.61. The van der Waals surface area contributed by atoms with E-state index in [4.69, 9.17) is 28.4 Å². The Morgan fingerprint density at radius 1 is 0.400 bits per heavy atom. The summed E-state index contributed by atoms with van der Waals surface area (Å²) in [5.74, 6) is -1.04. The van der Waals surface area contributed by atoms with Crippen LogP contribution in [0.3, 0.4) is 0 Å². The highest BCUT2D eigenvalue weighted by atomic mass is 16.7. The van der Waals surface area contributed by atoms with Crippen molar-refractivity contribution in [3.8, 4) is 0 Å². The maximum atomic E-state index is 13.1. The number of esters is 2. The zero-order valence-corrected chi connectivity index (χ0v) is 49.5. The van der Waals surface area contributed by atoms with Gasteiger partial charge in [0, 0.05) is 12.8 Å². The van der Waals surface area contributed by atoms with Gasteiger partial charge in [-0.05, 0) is 83.5 Å². The molecule has 2 saturated heterocycles. The second-order valence-corrected chi connectivity index (χ2v) is 21.9. The van der Waals surface area contributed by atoms with Crippen LogP contribution >= 0.6 is 0 Å². The molecule has 0 spiro atoms. The summed E-state index contributed by atoms with van der Waals surface area (Å²) >= 11 is 0. The summed E-state index contributed by atoms with van der Waals surface area (Å²) < 4.78 is 33.6. The normalized spacial score (nSPS) is 24.2. The summed E-state index contributed by atoms with van der Waals surface area (Å²) in [6, 6.07) is 0. The van der Waals surface area contributed by atoms with Crippen LogP contribution in [0.5, 0.6) is 0 Å². The Labute approximate surface area is 483 Å². The number of allylic oxidation sites excluding steroid dienone is 12. The van der Waals surface area contributed by atoms with Gasteiger partial charge in [0.15, 0.2) is 18.7 Å². The van der Waals surface area contributed by atoms with Gasteiger partial charge in [-0.3, -0.25) is 9.59 Å². The maximum absolute atomic E-state index is 13.1. The Balaban J connectivity index is 1.77. The molecule has 2 aliphatic heterocycles. The largest absolute Gasteiger partial charge is 0.462 e. The summed E-state index contributed by atoms with van der Waals surface area (Å²) in [6.07, 6.45) is 46.6. The first kappa shape index (κ1) is 73.0. The Kier molecular flexibility index (Phi) is 46.1. The summed E-state index contributed by atoms with van der Waals surface area (Å²) in [4.78, 5) is 25.9. The Morgan fingerprint density at radius 2 is 0.762 bits per heavy atom. The summed E-state index contributed by atoms with van der Waals surface area (Å²) in [6.45, 7) is 2.52. The van der Waals surface area contributed by atoms with Crippen molar-refractivity contribution in [1.29, 1.82) is 0 Å². The molecule has 15 heteroatoms. The summed E-state index contributed by atoms with van der Waals surface area (Å²) in [5, 5.41) is 72.4. The molecule has 7 N–H and O–H groups in total. The molecule has 2 aliphatic rings. The van der Waals surface area contributed by atoms with Crippen LogP contribution in [-0.2, 0) is 38.0 Å². The van der Waals surface area contributed by atoms with Gasteiger partial charge in [0.05, 0.1) is 19.8 Å². The van der Waals surface area contributed by atoms with Gasteiger partial charge in [-0.1, -0.05) is 209 Å². The van der Waals surface area contributed by atoms with Crippen molar-refractivity contribution in [2.45, 2.75) is 300 Å². The first-order chi connectivity index (χ1) is 39.0. The van der Waals surface area contributed by atoms with E-state index in [1.807, 2.05) is 12.2 Å². The molecule has 0 amide bonds. The average Bonchev–Trinajstić information content (AvgIpc) is 3.52. The molecule has 15 nitrogen and oxygen atoms in total. The van der Waals surface area contributed by atoms with E-state index in [1.54, 1.807) is 0 Å². The molecule has 0 aromatic carbocycles. The minimum absolute atomic E-state index is 0.0787. The van der Waals surface area contributed by atoms with E-state index in [-0.39, 0.29) is 19.4 Å². The lowest BCUT2D eigenvalue weighted by molar-refractivity contribution is -0.332. The number of ether oxygens (including phenoxy) is 6. The fourth-order valence-corrected chi connectivity index (χ4v) is 9.53. The molecule has 2 heterocycles. The van der Waals surface area contributed by atoms with Crippen LogP contribution in [0.25, 0.3) is 0 Å². The van der Waals surface area contributed by atoms with Crippen LogP contribution in [0, 0.1) is 0 Å². The van der Waals surface area contributed by atoms with Crippen LogP contribution in [0.15, 0.2) is 72.9 Å². The fraction of sp³-hybridized carbons (Fsp3) is 0.785. The molecule has 2 rings (SSSR count). The van der Waals surface area contributed by atoms with Crippen LogP contribution in [0.2, 0.25) is 0 Å². The van der Waals surface area contributed by atoms with Crippen molar-refractivity contribution in [2.24, 2.45) is 0 Å². The van der Waals surface area contributed by atoms with Crippen LogP contribution < -0.4 is 0 Å². The Bertz CT molecular complexity index is 1660. The van der Waals surface area contributed by atoms with Gasteiger partial charge < -0.3 is 64.2 Å². The highest BCUT2D eigenvalue weighted by molar-refractivity contribution is 5.70. The first-order valence-electron chi connectivity index (χ1n) is 31.5. The van der Waals surface area contributed by atoms with Crippen molar-refractivity contribution in [3.05, 3.63) is 72.9 Å². The zero-order chi connectivity index (χ0) is 58.1. The number of aliphatic hydroxyl groups excluding tert-OH is 7. The summed E-state index contributed by atoms with van der Waals surface area (Å²) in [7, 11) is 0. The number of carbonyl (C=O) groups excluding carboxylic acids is 2. The molecule has 4 unspecified atom stereocenters. The van der Waals surface area contributed by atoms with Crippen LogP contribution in [0.4, 0.5) is 0 Å². The molecule has 462 valence electrons. The molecule has 2 fully saturated rings. The average molecular weight is 1130 g/mol. The predicted molar refractivity (Wildman–Crippen MR) is 316 cm³/mol. The quantitative estimate of drug-likeness (QED) is 0.0171. The second kappa shape index (κ2) is 50.5. The van der Waals surface area contributed by atoms with Gasteiger partial charge in [0.1, 0.15) is 55.4 Å². The van der Waals surface area contributed by atoms with Crippen LogP contribution in [0.1, 0.15) is 232 Å². The molecule has 0 aromatic rings. The predicted octanol–water partition coefficient (Wildman–Crippen LogP) is 11.7. The van der Waals surface area contributed by atoms with Crippen molar-refractivity contribution in [1.82, 2.24) is 0 Å². The molecular weight excluding hydrogens is 1020 g/mol. The Morgan fingerprint density at radius 3 is 1.23 bits per heavy atom. The smallest absolute Gasteiger partial charge is 0.306 e. The lowest BCUT2D eigenvalue weighted by atomic mass is 9.98. The molecule has 0 aromatic heterocycles. The van der Waals surface area contributed by atoms with E-state index in [2.05, 4.69) is 74.6 Å². The van der Waals surface area contributed by atoms with Crippen molar-refractivity contribution < 1.29 is 73.8 Å². The molecule has 0 radical (unpaired) electrons. The molecule has 11 atom stereocenters. The third-order valence-corrected chi connectivity index (χ3v) is 14.6. The first-order valence-corrected chi connectivity index (χ1v) is 31.5. The van der Waals surface area contributed by atoms with Crippen molar-refractivity contribution in [3.63, 3.8) is 0 Å². The molecule has 0 aliphatic carbocycles. The Hall–Kier alpha value is -3.06. The molecule has 0 saturated carbocycles. The van der Waals surface area contributed by atoms with Gasteiger partial charge in [0.25, 0.3) is 0 Å². The standard InChI is InChI=1S/C65H112O15/c1-3-5-7-9-11-13-15-17-19-21-23-25-26-28-29-31-33-35-37-39-41-43-45-47-56(67)75-50-53(51-76-64-63(74)61(72)59(70)55(80-64)52-77-65-62(73)60(71)58(69)54(49-66)79-65)78-57(68)48-46-44-42-40-38-36-34-32-30-27-24-22-20-18-16-14-12-10-8-6-4-2/h20,22,27,30-31,33-34,36,39-42,53-55,58-66,69-74H,3-19,21,23-26,28-29,32,35,37-38,43-52H2,1-2H3/b22-20+,30-27+,33-31+,36-34+,41-39+,42-40+/t53-,54+,55+,58-,59-,60?,61?,62?,63?,64+,65+/m0/s1. The molecule has 0 bridgehead atoms. The number of hydrogen-bond acceptors (Lipinski definition) is 15. The van der Waals surface area contributed by atoms with Gasteiger partial charge in [0.2, 0.25) is 0 Å². The third-order valence-electron chi connectivity index (χ3n) is 14.6. The minimum Gasteiger partial charge on any atom is -0.462 e. The van der Waals surface area contributed by atoms with Gasteiger partial charge in [-0.15, -0.1) is 0 Å². The van der Waals surface area contributed by atoms with E-state index < -0.39 is 99.3 Å². The molecular formula is C65H112O15. The van der Waals surface area contributed by atoms with Gasteiger partial charge >= 0.3 is 11.9 Å². The maximum Gasteiger partial charge on any atom is 0.306 e. The van der Waals surface area contributed by atoms with E-state index in [9.17, 15) is 45.3 Å². The minimum atomic E-state index is -1.78. The van der Waals surface area contributed by atoms with Crippen molar-refractivity contribution >= 4 is 11.9 Å². The van der Waals surface area contributed by atoms with Crippen molar-refractivity contribution in [2.75, 3.05) is 26.4 Å². The highest BCUT2D eigenvalue weighted by Gasteiger charge is 2.47. The molecule has 80 heavy (non-hydrogen) atoms. The van der Waals surface area contributed by atoms with E-state index in [1.165, 1.54) is 135 Å². The van der Waals surface area contributed by atoms with Crippen LogP contribution in [-0.4, -0.2) is 142 Å². The topological polar surface area (TPSA) is 231 Å². The number of unbranched alkanes of at least 4 members (excludes halogenated alkanes) is 24. The second-order valence-electron chi connectivity index (χ2n) is 21.9. The number of hydrogen-bond donors (Lipinski definition) is 7. The van der Waals surface area contributed by atoms with Gasteiger partial charge in [-0.25, -0.2) is 0 Å². The highest BCUT2D eigenvalue weighted by Crippen LogP contribution is 2.27. The lowest BCUT2D eigenvalue weighted by Gasteiger charge is -2.42. The fourth-order valence-electron chi connectivity index (χ4n) is 9.53. The number of aliphatic hydroxyl groups is 7. The number of carbonyl (C=O) groups is 2. The van der Waals surface area contributed by atoms with E-state index in [0.717, 1.165) is 44.9 Å². The monoisotopic (exact) mass is 1130 g/mol. The number of rotatable bonds is 50. The summed E-state index contributed by atoms with van der Waals surface area (Å²) in [5.41, 5.74) is 0. The van der Waals surface area contributed by atoms with E-state index in [0.29, 0.717) is 25.7 Å². The SMILES string of the molecule is CCCCCCCCC/C=C/C/C=C/C/C=C/C/C=C/CCCC(=O)O[C@@H](COC(=O)CCC/C=C/CC/C=C/CCCCCCCCCCCCCCCC)CO[C@@H]1O[C@H](CO[C@@H]2O[C@H](CO)[C@H](O)C(O)C2O)[C@H](O)C(O)C1O. The zero-order valence-electron chi connectivity index (χ0n) is 49.5.